The Morgan fingerprint density at radius 2 is 1.65 bits per heavy atom. The van der Waals surface area contributed by atoms with Crippen LogP contribution in [0.4, 0.5) is 21.5 Å². The lowest BCUT2D eigenvalue weighted by molar-refractivity contribution is -0.116. The molecule has 0 saturated carbocycles. The zero-order valence-electron chi connectivity index (χ0n) is 12.7. The molecule has 0 unspecified atom stereocenters. The number of hydrogen-bond donors (Lipinski definition) is 3. The zero-order chi connectivity index (χ0) is 16.7. The molecule has 2 aromatic rings. The van der Waals surface area contributed by atoms with Crippen molar-refractivity contribution in [3.8, 4) is 0 Å². The first kappa shape index (κ1) is 16.5. The van der Waals surface area contributed by atoms with Crippen molar-refractivity contribution in [2.75, 3.05) is 22.5 Å². The van der Waals surface area contributed by atoms with Crippen molar-refractivity contribution in [3.63, 3.8) is 0 Å². The molecule has 3 N–H and O–H groups in total. The average molecular weight is 315 g/mol. The fourth-order valence-electron chi connectivity index (χ4n) is 1.98. The van der Waals surface area contributed by atoms with Gasteiger partial charge in [0.25, 0.3) is 0 Å². The molecule has 2 aromatic carbocycles. The van der Waals surface area contributed by atoms with E-state index < -0.39 is 0 Å². The number of amides is 2. The van der Waals surface area contributed by atoms with Crippen molar-refractivity contribution < 1.29 is 14.0 Å². The Balaban J connectivity index is 1.76. The second-order valence-electron chi connectivity index (χ2n) is 4.99. The first-order valence-corrected chi connectivity index (χ1v) is 7.20. The number of anilines is 3. The molecule has 120 valence electrons. The van der Waals surface area contributed by atoms with Gasteiger partial charge in [0.05, 0.1) is 0 Å². The number of rotatable bonds is 6. The van der Waals surface area contributed by atoms with Crippen molar-refractivity contribution in [3.05, 3.63) is 54.3 Å². The Labute approximate surface area is 133 Å². The van der Waals surface area contributed by atoms with Gasteiger partial charge in [-0.3, -0.25) is 9.59 Å². The summed E-state index contributed by atoms with van der Waals surface area (Å²) in [5.74, 6) is -0.710. The quantitative estimate of drug-likeness (QED) is 0.766. The molecule has 5 nitrogen and oxygen atoms in total. The maximum Gasteiger partial charge on any atom is 0.226 e. The summed E-state index contributed by atoms with van der Waals surface area (Å²) >= 11 is 0. The van der Waals surface area contributed by atoms with Crippen LogP contribution in [0.1, 0.15) is 13.3 Å². The molecule has 0 aliphatic rings. The minimum Gasteiger partial charge on any atom is -0.385 e. The van der Waals surface area contributed by atoms with Gasteiger partial charge in [-0.1, -0.05) is 6.07 Å². The van der Waals surface area contributed by atoms with Crippen LogP contribution in [-0.2, 0) is 9.59 Å². The molecule has 0 heterocycles. The van der Waals surface area contributed by atoms with E-state index in [0.717, 1.165) is 5.69 Å². The topological polar surface area (TPSA) is 70.2 Å². The van der Waals surface area contributed by atoms with Crippen molar-refractivity contribution >= 4 is 28.9 Å². The summed E-state index contributed by atoms with van der Waals surface area (Å²) in [6.07, 6.45) is 0.254. The molecule has 0 aromatic heterocycles. The molecular formula is C17H18FN3O2. The molecule has 0 aliphatic heterocycles. The fraction of sp³-hybridized carbons (Fsp3) is 0.176. The fourth-order valence-corrected chi connectivity index (χ4v) is 1.98. The van der Waals surface area contributed by atoms with E-state index in [4.69, 9.17) is 0 Å². The van der Waals surface area contributed by atoms with Gasteiger partial charge in [-0.2, -0.15) is 0 Å². The predicted octanol–water partition coefficient (Wildman–Crippen LogP) is 3.22. The van der Waals surface area contributed by atoms with Gasteiger partial charge < -0.3 is 16.0 Å². The molecule has 0 bridgehead atoms. The highest BCUT2D eigenvalue weighted by Gasteiger charge is 2.03. The monoisotopic (exact) mass is 315 g/mol. The Bertz CT molecular complexity index is 686. The van der Waals surface area contributed by atoms with Crippen LogP contribution in [-0.4, -0.2) is 18.4 Å². The largest absolute Gasteiger partial charge is 0.385 e. The average Bonchev–Trinajstić information content (AvgIpc) is 2.48. The standard InChI is InChI=1S/C17H18FN3O2/c1-12(22)20-15-7-5-14(6-8-15)19-10-9-17(23)21-16-4-2-3-13(18)11-16/h2-8,11,19H,9-10H2,1H3,(H,20,22)(H,21,23). The predicted molar refractivity (Wildman–Crippen MR) is 88.9 cm³/mol. The van der Waals surface area contributed by atoms with Crippen molar-refractivity contribution in [1.82, 2.24) is 0 Å². The van der Waals surface area contributed by atoms with E-state index in [1.165, 1.54) is 19.1 Å². The third-order valence-electron chi connectivity index (χ3n) is 2.99. The molecular weight excluding hydrogens is 297 g/mol. The molecule has 2 amide bonds. The lowest BCUT2D eigenvalue weighted by atomic mass is 10.2. The number of halogens is 1. The van der Waals surface area contributed by atoms with E-state index in [0.29, 0.717) is 17.9 Å². The Morgan fingerprint density at radius 1 is 0.957 bits per heavy atom. The molecule has 0 atom stereocenters. The minimum atomic E-state index is -0.389. The van der Waals surface area contributed by atoms with E-state index in [-0.39, 0.29) is 24.1 Å². The van der Waals surface area contributed by atoms with Gasteiger partial charge in [-0.05, 0) is 42.5 Å². The molecule has 0 radical (unpaired) electrons. The molecule has 2 rings (SSSR count). The summed E-state index contributed by atoms with van der Waals surface area (Å²) in [7, 11) is 0. The van der Waals surface area contributed by atoms with Gasteiger partial charge >= 0.3 is 0 Å². The van der Waals surface area contributed by atoms with Crippen LogP contribution in [0.3, 0.4) is 0 Å². The van der Waals surface area contributed by atoms with Crippen molar-refractivity contribution in [2.24, 2.45) is 0 Å². The van der Waals surface area contributed by atoms with Crippen LogP contribution in [0, 0.1) is 5.82 Å². The highest BCUT2D eigenvalue weighted by Crippen LogP contribution is 2.13. The molecule has 0 spiro atoms. The Kier molecular flexibility index (Phi) is 5.68. The summed E-state index contributed by atoms with van der Waals surface area (Å²) in [5.41, 5.74) is 2.00. The van der Waals surface area contributed by atoms with Gasteiger partial charge in [0.1, 0.15) is 5.82 Å². The molecule has 23 heavy (non-hydrogen) atoms. The van der Waals surface area contributed by atoms with Crippen LogP contribution in [0.15, 0.2) is 48.5 Å². The lowest BCUT2D eigenvalue weighted by Gasteiger charge is -2.08. The molecule has 6 heteroatoms. The first-order valence-electron chi connectivity index (χ1n) is 7.20. The van der Waals surface area contributed by atoms with Crippen LogP contribution in [0.25, 0.3) is 0 Å². The second-order valence-corrected chi connectivity index (χ2v) is 4.99. The highest BCUT2D eigenvalue weighted by molar-refractivity contribution is 5.91. The van der Waals surface area contributed by atoms with Crippen LogP contribution in [0.2, 0.25) is 0 Å². The second kappa shape index (κ2) is 7.93. The molecule has 0 saturated heterocycles. The summed E-state index contributed by atoms with van der Waals surface area (Å²) in [6.45, 7) is 1.89. The van der Waals surface area contributed by atoms with Gasteiger partial charge in [0.2, 0.25) is 11.8 Å². The number of carbonyl (C=O) groups excluding carboxylic acids is 2. The van der Waals surface area contributed by atoms with E-state index in [9.17, 15) is 14.0 Å². The maximum absolute atomic E-state index is 13.0. The number of benzene rings is 2. The van der Waals surface area contributed by atoms with Crippen molar-refractivity contribution in [1.29, 1.82) is 0 Å². The Hall–Kier alpha value is -2.89. The van der Waals surface area contributed by atoms with Crippen molar-refractivity contribution in [2.45, 2.75) is 13.3 Å². The summed E-state index contributed by atoms with van der Waals surface area (Å²) in [5, 5.41) is 8.42. The van der Waals surface area contributed by atoms with E-state index in [1.807, 2.05) is 12.1 Å². The summed E-state index contributed by atoms with van der Waals surface area (Å²) in [4.78, 5) is 22.7. The van der Waals surface area contributed by atoms with E-state index in [2.05, 4.69) is 16.0 Å². The van der Waals surface area contributed by atoms with Gasteiger partial charge in [0.15, 0.2) is 0 Å². The SMILES string of the molecule is CC(=O)Nc1ccc(NCCC(=O)Nc2cccc(F)c2)cc1. The van der Waals surface area contributed by atoms with Crippen LogP contribution >= 0.6 is 0 Å². The number of carbonyl (C=O) groups is 2. The third-order valence-corrected chi connectivity index (χ3v) is 2.99. The normalized spacial score (nSPS) is 10.0. The molecule has 0 aliphatic carbocycles. The summed E-state index contributed by atoms with van der Waals surface area (Å²) < 4.78 is 13.0. The first-order chi connectivity index (χ1) is 11.0. The maximum atomic E-state index is 13.0. The van der Waals surface area contributed by atoms with Gasteiger partial charge in [-0.15, -0.1) is 0 Å². The third kappa shape index (κ3) is 5.78. The van der Waals surface area contributed by atoms with Crippen LogP contribution < -0.4 is 16.0 Å². The number of hydrogen-bond acceptors (Lipinski definition) is 3. The van der Waals surface area contributed by atoms with Gasteiger partial charge in [0, 0.05) is 37.0 Å². The molecule has 0 fully saturated rings. The lowest BCUT2D eigenvalue weighted by Crippen LogP contribution is -2.16. The van der Waals surface area contributed by atoms with Crippen LogP contribution in [0.5, 0.6) is 0 Å². The van der Waals surface area contributed by atoms with E-state index >= 15 is 0 Å². The highest BCUT2D eigenvalue weighted by atomic mass is 19.1. The summed E-state index contributed by atoms with van der Waals surface area (Å²) in [6, 6.07) is 12.9. The Morgan fingerprint density at radius 3 is 2.30 bits per heavy atom. The number of nitrogens with one attached hydrogen (secondary N) is 3. The smallest absolute Gasteiger partial charge is 0.226 e. The van der Waals surface area contributed by atoms with Gasteiger partial charge in [-0.25, -0.2) is 4.39 Å². The zero-order valence-corrected chi connectivity index (χ0v) is 12.7. The minimum absolute atomic E-state index is 0.125. The van der Waals surface area contributed by atoms with E-state index in [1.54, 1.807) is 24.3 Å².